The molecule has 170 valence electrons. The summed E-state index contributed by atoms with van der Waals surface area (Å²) < 4.78 is 27.5. The van der Waals surface area contributed by atoms with Gasteiger partial charge in [-0.1, -0.05) is 11.2 Å². The van der Waals surface area contributed by atoms with Gasteiger partial charge in [-0.15, -0.1) is 0 Å². The maximum Gasteiger partial charge on any atom is 0.270 e. The Bertz CT molecular complexity index is 999. The Hall–Kier alpha value is -2.57. The largest absolute Gasteiger partial charge is 0.388 e. The number of nitrogens with one attached hydrogen (secondary N) is 1. The van der Waals surface area contributed by atoms with Crippen molar-refractivity contribution >= 4 is 27.3 Å². The molecule has 1 amide bonds. The fourth-order valence-electron chi connectivity index (χ4n) is 3.66. The number of amides is 1. The van der Waals surface area contributed by atoms with Crippen molar-refractivity contribution in [1.29, 1.82) is 0 Å². The molecule has 12 heteroatoms. The molecule has 1 saturated heterocycles. The number of carbonyl (C=O) groups is 1. The van der Waals surface area contributed by atoms with Crippen LogP contribution in [0.2, 0.25) is 0 Å². The van der Waals surface area contributed by atoms with Crippen LogP contribution in [0.3, 0.4) is 0 Å². The van der Waals surface area contributed by atoms with Gasteiger partial charge in [0.2, 0.25) is 10.0 Å². The summed E-state index contributed by atoms with van der Waals surface area (Å²) in [5.41, 5.74) is -0.208. The molecule has 1 fully saturated rings. The summed E-state index contributed by atoms with van der Waals surface area (Å²) in [6, 6.07) is 3.82. The average molecular weight is 454 g/mol. The van der Waals surface area contributed by atoms with Crippen LogP contribution in [0.5, 0.6) is 0 Å². The van der Waals surface area contributed by atoms with Gasteiger partial charge in [-0.3, -0.25) is 14.9 Å². The van der Waals surface area contributed by atoms with Gasteiger partial charge in [0.25, 0.3) is 11.6 Å². The maximum atomic E-state index is 13.1. The molecule has 1 N–H and O–H groups in total. The number of piperidine rings is 1. The first-order valence-electron chi connectivity index (χ1n) is 9.97. The van der Waals surface area contributed by atoms with E-state index < -0.39 is 20.5 Å². The number of non-ortho nitro benzene ring substituents is 1. The van der Waals surface area contributed by atoms with Crippen LogP contribution >= 0.6 is 0 Å². The van der Waals surface area contributed by atoms with E-state index in [1.807, 2.05) is 19.0 Å². The highest BCUT2D eigenvalue weighted by atomic mass is 32.2. The molecule has 3 rings (SSSR count). The van der Waals surface area contributed by atoms with Crippen LogP contribution in [-0.4, -0.2) is 80.0 Å². The number of hydrogen-bond acceptors (Lipinski definition) is 8. The third-order valence-electron chi connectivity index (χ3n) is 5.58. The zero-order valence-electron chi connectivity index (χ0n) is 17.8. The Labute approximate surface area is 181 Å². The Morgan fingerprint density at radius 1 is 1.35 bits per heavy atom. The van der Waals surface area contributed by atoms with Crippen LogP contribution in [0, 0.1) is 17.0 Å². The minimum Gasteiger partial charge on any atom is -0.388 e. The molecule has 1 aromatic carbocycles. The monoisotopic (exact) mass is 453 g/mol. The van der Waals surface area contributed by atoms with Crippen LogP contribution in [0.25, 0.3) is 0 Å². The first-order chi connectivity index (χ1) is 14.5. The lowest BCUT2D eigenvalue weighted by Crippen LogP contribution is -2.47. The van der Waals surface area contributed by atoms with E-state index in [9.17, 15) is 23.3 Å². The smallest absolute Gasteiger partial charge is 0.270 e. The van der Waals surface area contributed by atoms with Gasteiger partial charge in [0.05, 0.1) is 9.82 Å². The van der Waals surface area contributed by atoms with Gasteiger partial charge in [0.1, 0.15) is 11.3 Å². The van der Waals surface area contributed by atoms with E-state index in [2.05, 4.69) is 10.5 Å². The fourth-order valence-corrected chi connectivity index (χ4v) is 5.35. The van der Waals surface area contributed by atoms with Crippen LogP contribution < -0.4 is 5.32 Å². The Morgan fingerprint density at radius 3 is 2.65 bits per heavy atom. The second kappa shape index (κ2) is 8.89. The molecule has 2 heterocycles. The van der Waals surface area contributed by atoms with E-state index in [0.29, 0.717) is 43.6 Å². The number of hydrogen-bond donors (Lipinski definition) is 1. The second-order valence-electron chi connectivity index (χ2n) is 8.16. The van der Waals surface area contributed by atoms with Gasteiger partial charge < -0.3 is 15.1 Å². The van der Waals surface area contributed by atoms with Crippen molar-refractivity contribution < 1.29 is 23.0 Å². The minimum absolute atomic E-state index is 0.0674. The standard InChI is InChI=1S/C19H27N5O6S/c1-14-4-5-15(24(26)27)12-17(14)31(28,29)23-9-6-19(7-10-23)13-16(21-30-19)18(25)20-8-11-22(2)3/h4-5,12H,6-11,13H2,1-3H3,(H,20,25). The number of oxime groups is 1. The number of nitro benzene ring substituents is 1. The van der Waals surface area contributed by atoms with Gasteiger partial charge in [0.15, 0.2) is 0 Å². The number of likely N-dealkylation sites (N-methyl/N-ethyl adjacent to an activating group) is 1. The van der Waals surface area contributed by atoms with Crippen LogP contribution in [-0.2, 0) is 19.7 Å². The Morgan fingerprint density at radius 2 is 2.03 bits per heavy atom. The number of aryl methyl sites for hydroxylation is 1. The number of nitrogens with zero attached hydrogens (tertiary/aromatic N) is 4. The summed E-state index contributed by atoms with van der Waals surface area (Å²) in [6.07, 6.45) is 1.07. The SMILES string of the molecule is Cc1ccc([N+](=O)[O-])cc1S(=O)(=O)N1CCC2(CC1)CC(C(=O)NCCN(C)C)=NO2. The first kappa shape index (κ1) is 23.1. The van der Waals surface area contributed by atoms with Gasteiger partial charge in [0, 0.05) is 57.6 Å². The van der Waals surface area contributed by atoms with Crippen molar-refractivity contribution in [2.45, 2.75) is 36.7 Å². The molecule has 0 aromatic heterocycles. The van der Waals surface area contributed by atoms with Gasteiger partial charge in [-0.05, 0) is 26.6 Å². The van der Waals surface area contributed by atoms with Crippen molar-refractivity contribution in [2.24, 2.45) is 5.16 Å². The molecule has 0 bridgehead atoms. The highest BCUT2D eigenvalue weighted by Gasteiger charge is 2.46. The van der Waals surface area contributed by atoms with E-state index in [0.717, 1.165) is 6.07 Å². The van der Waals surface area contributed by atoms with E-state index in [1.54, 1.807) is 6.92 Å². The van der Waals surface area contributed by atoms with Gasteiger partial charge in [-0.25, -0.2) is 8.42 Å². The van der Waals surface area contributed by atoms with Gasteiger partial charge in [-0.2, -0.15) is 4.31 Å². The summed E-state index contributed by atoms with van der Waals surface area (Å²) in [7, 11) is -0.0709. The van der Waals surface area contributed by atoms with Crippen LogP contribution in [0.4, 0.5) is 5.69 Å². The van der Waals surface area contributed by atoms with E-state index in [4.69, 9.17) is 4.84 Å². The van der Waals surface area contributed by atoms with Crippen molar-refractivity contribution in [3.8, 4) is 0 Å². The Balaban J connectivity index is 1.63. The maximum absolute atomic E-state index is 13.1. The average Bonchev–Trinajstić information content (AvgIpc) is 3.11. The molecule has 0 atom stereocenters. The number of rotatable bonds is 7. The summed E-state index contributed by atoms with van der Waals surface area (Å²) in [5.74, 6) is -0.277. The molecule has 0 saturated carbocycles. The third-order valence-corrected chi connectivity index (χ3v) is 7.62. The van der Waals surface area contributed by atoms with Crippen LogP contribution in [0.1, 0.15) is 24.8 Å². The zero-order valence-corrected chi connectivity index (χ0v) is 18.6. The predicted octanol–water partition coefficient (Wildman–Crippen LogP) is 0.881. The van der Waals surface area contributed by atoms with E-state index in [1.165, 1.54) is 16.4 Å². The molecule has 11 nitrogen and oxygen atoms in total. The molecule has 2 aliphatic rings. The van der Waals surface area contributed by atoms with E-state index >= 15 is 0 Å². The quantitative estimate of drug-likeness (QED) is 0.478. The van der Waals surface area contributed by atoms with Crippen molar-refractivity contribution in [2.75, 3.05) is 40.3 Å². The first-order valence-corrected chi connectivity index (χ1v) is 11.4. The summed E-state index contributed by atoms with van der Waals surface area (Å²) in [4.78, 5) is 30.2. The minimum atomic E-state index is -3.89. The summed E-state index contributed by atoms with van der Waals surface area (Å²) in [5, 5.41) is 17.8. The molecular weight excluding hydrogens is 426 g/mol. The summed E-state index contributed by atoms with van der Waals surface area (Å²) in [6.45, 7) is 3.16. The lowest BCUT2D eigenvalue weighted by molar-refractivity contribution is -0.385. The molecule has 0 radical (unpaired) electrons. The number of nitro groups is 1. The second-order valence-corrected chi connectivity index (χ2v) is 10.1. The van der Waals surface area contributed by atoms with Gasteiger partial charge >= 0.3 is 0 Å². The van der Waals surface area contributed by atoms with E-state index in [-0.39, 0.29) is 29.6 Å². The molecule has 0 unspecified atom stereocenters. The topological polar surface area (TPSA) is 134 Å². The number of carbonyl (C=O) groups excluding carboxylic acids is 1. The highest BCUT2D eigenvalue weighted by molar-refractivity contribution is 7.89. The zero-order chi connectivity index (χ0) is 22.8. The molecule has 2 aliphatic heterocycles. The fraction of sp³-hybridized carbons (Fsp3) is 0.579. The van der Waals surface area contributed by atoms with Crippen molar-refractivity contribution in [1.82, 2.24) is 14.5 Å². The third kappa shape index (κ3) is 5.02. The molecule has 31 heavy (non-hydrogen) atoms. The normalized spacial score (nSPS) is 18.6. The molecule has 1 spiro atoms. The lowest BCUT2D eigenvalue weighted by atomic mass is 9.87. The summed E-state index contributed by atoms with van der Waals surface area (Å²) >= 11 is 0. The molecule has 0 aliphatic carbocycles. The highest BCUT2D eigenvalue weighted by Crippen LogP contribution is 2.37. The number of benzene rings is 1. The predicted molar refractivity (Wildman–Crippen MR) is 113 cm³/mol. The van der Waals surface area contributed by atoms with Crippen LogP contribution in [0.15, 0.2) is 28.3 Å². The lowest BCUT2D eigenvalue weighted by Gasteiger charge is -2.36. The molecule has 1 aromatic rings. The van der Waals surface area contributed by atoms with Crippen molar-refractivity contribution in [3.05, 3.63) is 33.9 Å². The number of sulfonamides is 1. The Kier molecular flexibility index (Phi) is 6.62. The molecular formula is C19H27N5O6S. The van der Waals surface area contributed by atoms with Crippen molar-refractivity contribution in [3.63, 3.8) is 0 Å².